The highest BCUT2D eigenvalue weighted by Crippen LogP contribution is 2.06. The molecule has 0 spiro atoms. The fraction of sp³-hybridized carbons (Fsp3) is 0.231. The number of aryl methyl sites for hydroxylation is 1. The highest BCUT2D eigenvalue weighted by molar-refractivity contribution is 5.46. The lowest BCUT2D eigenvalue weighted by Gasteiger charge is -2.05. The molecule has 0 saturated carbocycles. The molecule has 0 amide bonds. The average Bonchev–Trinajstić information content (AvgIpc) is 2.88. The van der Waals surface area contributed by atoms with Gasteiger partial charge >= 0.3 is 0 Å². The zero-order valence-electron chi connectivity index (χ0n) is 10.9. The van der Waals surface area contributed by atoms with E-state index >= 15 is 0 Å². The van der Waals surface area contributed by atoms with Crippen LogP contribution in [-0.2, 0) is 13.2 Å². The Labute approximate surface area is 114 Å². The van der Waals surface area contributed by atoms with E-state index in [1.165, 1.54) is 10.5 Å². The third-order valence-corrected chi connectivity index (χ3v) is 3.01. The second kappa shape index (κ2) is 4.86. The first-order valence-electron chi connectivity index (χ1n) is 6.15. The van der Waals surface area contributed by atoms with Crippen molar-refractivity contribution in [3.05, 3.63) is 57.9 Å². The summed E-state index contributed by atoms with van der Waals surface area (Å²) in [5.41, 5.74) is 2.53. The monoisotopic (exact) mass is 271 g/mol. The van der Waals surface area contributed by atoms with Crippen molar-refractivity contribution in [2.45, 2.75) is 20.1 Å². The molecule has 0 aromatic carbocycles. The quantitative estimate of drug-likeness (QED) is 0.732. The summed E-state index contributed by atoms with van der Waals surface area (Å²) < 4.78 is 3.06. The first-order valence-corrected chi connectivity index (χ1v) is 6.15. The Hall–Kier alpha value is -2.54. The lowest BCUT2D eigenvalue weighted by molar-refractivity contribution is 0.276. The smallest absolute Gasteiger partial charge is 0.258 e. The zero-order valence-corrected chi connectivity index (χ0v) is 10.9. The molecule has 3 aromatic rings. The van der Waals surface area contributed by atoms with Gasteiger partial charge in [-0.1, -0.05) is 11.3 Å². The van der Waals surface area contributed by atoms with E-state index in [4.69, 9.17) is 5.11 Å². The van der Waals surface area contributed by atoms with Crippen molar-refractivity contribution in [1.82, 2.24) is 24.4 Å². The van der Waals surface area contributed by atoms with E-state index in [1.807, 2.05) is 19.1 Å². The number of aliphatic hydroxyl groups excluding tert-OH is 1. The van der Waals surface area contributed by atoms with Gasteiger partial charge in [-0.25, -0.2) is 9.67 Å². The van der Waals surface area contributed by atoms with Gasteiger partial charge in [-0.05, 0) is 18.6 Å². The van der Waals surface area contributed by atoms with Crippen LogP contribution >= 0.6 is 0 Å². The van der Waals surface area contributed by atoms with Crippen molar-refractivity contribution in [3.63, 3.8) is 0 Å². The fourth-order valence-electron chi connectivity index (χ4n) is 2.04. The molecule has 3 rings (SSSR count). The van der Waals surface area contributed by atoms with Gasteiger partial charge in [0.1, 0.15) is 11.3 Å². The summed E-state index contributed by atoms with van der Waals surface area (Å²) in [4.78, 5) is 16.5. The topological polar surface area (TPSA) is 85.3 Å². The number of aromatic nitrogens is 5. The Bertz CT molecular complexity index is 821. The van der Waals surface area contributed by atoms with E-state index in [2.05, 4.69) is 15.3 Å². The van der Waals surface area contributed by atoms with Gasteiger partial charge in [0.2, 0.25) is 0 Å². The number of pyridine rings is 1. The van der Waals surface area contributed by atoms with E-state index in [-0.39, 0.29) is 12.2 Å². The van der Waals surface area contributed by atoms with Gasteiger partial charge < -0.3 is 5.11 Å². The minimum absolute atomic E-state index is 0.129. The van der Waals surface area contributed by atoms with Gasteiger partial charge in [0.05, 0.1) is 25.0 Å². The van der Waals surface area contributed by atoms with E-state index in [0.717, 1.165) is 5.56 Å². The lowest BCUT2D eigenvalue weighted by Crippen LogP contribution is -2.17. The van der Waals surface area contributed by atoms with Crippen molar-refractivity contribution in [2.75, 3.05) is 0 Å². The molecular formula is C13H13N5O2. The van der Waals surface area contributed by atoms with E-state index in [0.29, 0.717) is 23.6 Å². The minimum atomic E-state index is -0.160. The van der Waals surface area contributed by atoms with Crippen LogP contribution in [0.25, 0.3) is 5.65 Å². The number of hydrogen-bond donors (Lipinski definition) is 1. The summed E-state index contributed by atoms with van der Waals surface area (Å²) in [5, 5.41) is 16.6. The first-order chi connectivity index (χ1) is 9.67. The maximum absolute atomic E-state index is 12.0. The summed E-state index contributed by atoms with van der Waals surface area (Å²) in [7, 11) is 0. The van der Waals surface area contributed by atoms with Gasteiger partial charge in [0, 0.05) is 12.3 Å². The SMILES string of the molecule is Cc1cccn2c(=O)cc(Cn3cc(CO)nn3)nc12. The minimum Gasteiger partial charge on any atom is -0.390 e. The molecule has 0 radical (unpaired) electrons. The van der Waals surface area contributed by atoms with Gasteiger partial charge in [0.25, 0.3) is 5.56 Å². The molecule has 7 heteroatoms. The standard InChI is InChI=1S/C13H13N5O2/c1-9-3-2-4-18-12(20)5-10(14-13(9)18)6-17-7-11(8-19)15-16-17/h2-5,7,19H,6,8H2,1H3. The molecule has 0 unspecified atom stereocenters. The Morgan fingerprint density at radius 2 is 2.20 bits per heavy atom. The molecule has 102 valence electrons. The normalized spacial score (nSPS) is 11.1. The molecule has 0 aliphatic heterocycles. The van der Waals surface area contributed by atoms with Crippen LogP contribution in [0.15, 0.2) is 35.4 Å². The van der Waals surface area contributed by atoms with Crippen LogP contribution in [0, 0.1) is 6.92 Å². The highest BCUT2D eigenvalue weighted by atomic mass is 16.3. The fourth-order valence-corrected chi connectivity index (χ4v) is 2.04. The summed E-state index contributed by atoms with van der Waals surface area (Å²) in [6, 6.07) is 5.20. The lowest BCUT2D eigenvalue weighted by atomic mass is 10.3. The van der Waals surface area contributed by atoms with E-state index < -0.39 is 0 Å². The van der Waals surface area contributed by atoms with Crippen LogP contribution in [0.5, 0.6) is 0 Å². The number of rotatable bonds is 3. The average molecular weight is 271 g/mol. The molecule has 0 atom stereocenters. The van der Waals surface area contributed by atoms with Crippen molar-refractivity contribution in [2.24, 2.45) is 0 Å². The van der Waals surface area contributed by atoms with E-state index in [1.54, 1.807) is 17.1 Å². The second-order valence-electron chi connectivity index (χ2n) is 4.54. The molecule has 20 heavy (non-hydrogen) atoms. The Kier molecular flexibility index (Phi) is 3.03. The van der Waals surface area contributed by atoms with Gasteiger partial charge in [0.15, 0.2) is 0 Å². The summed E-state index contributed by atoms with van der Waals surface area (Å²) in [6.07, 6.45) is 3.32. The number of nitrogens with zero attached hydrogens (tertiary/aromatic N) is 5. The van der Waals surface area contributed by atoms with Crippen LogP contribution in [0.2, 0.25) is 0 Å². The molecule has 7 nitrogen and oxygen atoms in total. The third-order valence-electron chi connectivity index (χ3n) is 3.01. The van der Waals surface area contributed by atoms with Gasteiger partial charge in [-0.2, -0.15) is 0 Å². The van der Waals surface area contributed by atoms with Crippen LogP contribution in [0.3, 0.4) is 0 Å². The predicted molar refractivity (Wildman–Crippen MR) is 71.2 cm³/mol. The van der Waals surface area contributed by atoms with Crippen LogP contribution < -0.4 is 5.56 Å². The van der Waals surface area contributed by atoms with Crippen LogP contribution in [-0.4, -0.2) is 29.5 Å². The predicted octanol–water partition coefficient (Wildman–Crippen LogP) is 0.135. The number of aliphatic hydroxyl groups is 1. The largest absolute Gasteiger partial charge is 0.390 e. The van der Waals surface area contributed by atoms with Crippen molar-refractivity contribution in [3.8, 4) is 0 Å². The van der Waals surface area contributed by atoms with Crippen molar-refractivity contribution < 1.29 is 5.11 Å². The first kappa shape index (κ1) is 12.5. The van der Waals surface area contributed by atoms with Gasteiger partial charge in [-0.15, -0.1) is 5.10 Å². The molecule has 1 N–H and O–H groups in total. The highest BCUT2D eigenvalue weighted by Gasteiger charge is 2.06. The molecular weight excluding hydrogens is 258 g/mol. The maximum Gasteiger partial charge on any atom is 0.258 e. The molecule has 0 aliphatic rings. The molecule has 3 aromatic heterocycles. The zero-order chi connectivity index (χ0) is 14.1. The molecule has 0 aliphatic carbocycles. The number of hydrogen-bond acceptors (Lipinski definition) is 5. The summed E-state index contributed by atoms with van der Waals surface area (Å²) >= 11 is 0. The molecule has 0 saturated heterocycles. The summed E-state index contributed by atoms with van der Waals surface area (Å²) in [5.74, 6) is 0. The van der Waals surface area contributed by atoms with E-state index in [9.17, 15) is 4.79 Å². The maximum atomic E-state index is 12.0. The second-order valence-corrected chi connectivity index (χ2v) is 4.54. The Morgan fingerprint density at radius 1 is 1.35 bits per heavy atom. The van der Waals surface area contributed by atoms with Crippen molar-refractivity contribution >= 4 is 5.65 Å². The Morgan fingerprint density at radius 3 is 2.95 bits per heavy atom. The number of fused-ring (bicyclic) bond motifs is 1. The summed E-state index contributed by atoms with van der Waals surface area (Å²) in [6.45, 7) is 2.09. The molecule has 3 heterocycles. The molecule has 0 bridgehead atoms. The molecule has 0 fully saturated rings. The third kappa shape index (κ3) is 2.19. The van der Waals surface area contributed by atoms with Gasteiger partial charge in [-0.3, -0.25) is 9.20 Å². The Balaban J connectivity index is 2.04. The van der Waals surface area contributed by atoms with Crippen LogP contribution in [0.1, 0.15) is 17.0 Å². The van der Waals surface area contributed by atoms with Crippen LogP contribution in [0.4, 0.5) is 0 Å². The van der Waals surface area contributed by atoms with Crippen molar-refractivity contribution in [1.29, 1.82) is 0 Å².